The maximum absolute atomic E-state index is 13.0. The van der Waals surface area contributed by atoms with Crippen LogP contribution in [0.3, 0.4) is 0 Å². The van der Waals surface area contributed by atoms with Gasteiger partial charge >= 0.3 is 0 Å². The molecule has 0 radical (unpaired) electrons. The molecule has 0 unspecified atom stereocenters. The van der Waals surface area contributed by atoms with Crippen LogP contribution in [-0.4, -0.2) is 51.5 Å². The minimum Gasteiger partial charge on any atom is -0.339 e. The minimum atomic E-state index is -3.38. The number of anilines is 2. The van der Waals surface area contributed by atoms with E-state index in [1.165, 1.54) is 7.05 Å². The molecule has 7 nitrogen and oxygen atoms in total. The SMILES string of the molecule is CN(c1ccc(C(=O)Nc2ccccc2C(=O)N2CCCCCC2)cc1)S(C)(=O)=O. The lowest BCUT2D eigenvalue weighted by atomic mass is 10.1. The van der Waals surface area contributed by atoms with Gasteiger partial charge in [-0.15, -0.1) is 0 Å². The average molecular weight is 430 g/mol. The van der Waals surface area contributed by atoms with Gasteiger partial charge in [0.25, 0.3) is 11.8 Å². The Bertz CT molecular complexity index is 1010. The highest BCUT2D eigenvalue weighted by Gasteiger charge is 2.21. The van der Waals surface area contributed by atoms with E-state index in [2.05, 4.69) is 5.32 Å². The lowest BCUT2D eigenvalue weighted by molar-refractivity contribution is 0.0762. The fourth-order valence-electron chi connectivity index (χ4n) is 3.43. The van der Waals surface area contributed by atoms with Crippen molar-refractivity contribution < 1.29 is 18.0 Å². The van der Waals surface area contributed by atoms with Gasteiger partial charge in [-0.1, -0.05) is 25.0 Å². The van der Waals surface area contributed by atoms with Gasteiger partial charge in [-0.05, 0) is 49.2 Å². The van der Waals surface area contributed by atoms with Crippen molar-refractivity contribution >= 4 is 33.2 Å². The molecule has 0 saturated carbocycles. The average Bonchev–Trinajstić information content (AvgIpc) is 3.02. The normalized spacial score (nSPS) is 14.7. The molecule has 160 valence electrons. The van der Waals surface area contributed by atoms with Crippen LogP contribution in [0.25, 0.3) is 0 Å². The van der Waals surface area contributed by atoms with Crippen molar-refractivity contribution in [2.24, 2.45) is 0 Å². The van der Waals surface area contributed by atoms with E-state index in [1.807, 2.05) is 4.90 Å². The topological polar surface area (TPSA) is 86.8 Å². The highest BCUT2D eigenvalue weighted by molar-refractivity contribution is 7.92. The first kappa shape index (κ1) is 21.8. The summed E-state index contributed by atoms with van der Waals surface area (Å²) < 4.78 is 24.5. The molecule has 1 saturated heterocycles. The lowest BCUT2D eigenvalue weighted by Gasteiger charge is -2.22. The van der Waals surface area contributed by atoms with Gasteiger partial charge in [0.05, 0.1) is 23.2 Å². The number of sulfonamides is 1. The molecule has 1 aliphatic heterocycles. The smallest absolute Gasteiger partial charge is 0.255 e. The van der Waals surface area contributed by atoms with E-state index in [4.69, 9.17) is 0 Å². The Morgan fingerprint density at radius 2 is 1.53 bits per heavy atom. The summed E-state index contributed by atoms with van der Waals surface area (Å²) in [4.78, 5) is 27.6. The fourth-order valence-corrected chi connectivity index (χ4v) is 3.94. The van der Waals surface area contributed by atoms with Gasteiger partial charge in [0.1, 0.15) is 0 Å². The second-order valence-corrected chi connectivity index (χ2v) is 9.50. The van der Waals surface area contributed by atoms with Gasteiger partial charge in [-0.3, -0.25) is 13.9 Å². The van der Waals surface area contributed by atoms with Gasteiger partial charge in [-0.2, -0.15) is 0 Å². The number of hydrogen-bond acceptors (Lipinski definition) is 4. The van der Waals surface area contributed by atoms with E-state index in [9.17, 15) is 18.0 Å². The van der Waals surface area contributed by atoms with Crippen LogP contribution in [-0.2, 0) is 10.0 Å². The Morgan fingerprint density at radius 1 is 0.933 bits per heavy atom. The van der Waals surface area contributed by atoms with Crippen molar-refractivity contribution in [3.8, 4) is 0 Å². The molecule has 0 atom stereocenters. The van der Waals surface area contributed by atoms with Gasteiger partial charge in [-0.25, -0.2) is 8.42 Å². The van der Waals surface area contributed by atoms with Crippen LogP contribution in [0.4, 0.5) is 11.4 Å². The fraction of sp³-hybridized carbons (Fsp3) is 0.364. The quantitative estimate of drug-likeness (QED) is 0.790. The highest BCUT2D eigenvalue weighted by Crippen LogP contribution is 2.22. The third-order valence-corrected chi connectivity index (χ3v) is 6.50. The van der Waals surface area contributed by atoms with E-state index in [0.29, 0.717) is 22.5 Å². The van der Waals surface area contributed by atoms with Crippen molar-refractivity contribution in [3.05, 3.63) is 59.7 Å². The summed E-state index contributed by atoms with van der Waals surface area (Å²) in [6, 6.07) is 13.3. The molecule has 2 aromatic carbocycles. The first-order valence-corrected chi connectivity index (χ1v) is 11.9. The number of para-hydroxylation sites is 1. The molecule has 30 heavy (non-hydrogen) atoms. The number of nitrogens with zero attached hydrogens (tertiary/aromatic N) is 2. The summed E-state index contributed by atoms with van der Waals surface area (Å²) in [7, 11) is -1.92. The summed E-state index contributed by atoms with van der Waals surface area (Å²) in [6.07, 6.45) is 5.37. The van der Waals surface area contributed by atoms with Crippen molar-refractivity contribution in [2.75, 3.05) is 36.0 Å². The van der Waals surface area contributed by atoms with E-state index in [-0.39, 0.29) is 11.8 Å². The zero-order valence-corrected chi connectivity index (χ0v) is 18.1. The largest absolute Gasteiger partial charge is 0.339 e. The molecule has 3 rings (SSSR count). The highest BCUT2D eigenvalue weighted by atomic mass is 32.2. The molecular formula is C22H27N3O4S. The number of amides is 2. The van der Waals surface area contributed by atoms with Gasteiger partial charge in [0.15, 0.2) is 0 Å². The molecule has 0 aromatic heterocycles. The molecule has 1 fully saturated rings. The molecule has 0 aliphatic carbocycles. The van der Waals surface area contributed by atoms with Gasteiger partial charge < -0.3 is 10.2 Å². The zero-order chi connectivity index (χ0) is 21.7. The molecular weight excluding hydrogens is 402 g/mol. The standard InChI is InChI=1S/C22H27N3O4S/c1-24(30(2,28)29)18-13-11-17(12-14-18)21(26)23-20-10-6-5-9-19(20)22(27)25-15-7-3-4-8-16-25/h5-6,9-14H,3-4,7-8,15-16H2,1-2H3,(H,23,26). The number of rotatable bonds is 5. The predicted octanol–water partition coefficient (Wildman–Crippen LogP) is 3.35. The van der Waals surface area contributed by atoms with Crippen LogP contribution >= 0.6 is 0 Å². The van der Waals surface area contributed by atoms with Crippen molar-refractivity contribution in [1.82, 2.24) is 4.90 Å². The Labute approximate surface area is 177 Å². The van der Waals surface area contributed by atoms with Crippen LogP contribution in [0, 0.1) is 0 Å². The van der Waals surface area contributed by atoms with Crippen LogP contribution in [0.1, 0.15) is 46.4 Å². The summed E-state index contributed by atoms with van der Waals surface area (Å²) in [5.41, 5.74) is 1.78. The summed E-state index contributed by atoms with van der Waals surface area (Å²) in [6.45, 7) is 1.47. The monoisotopic (exact) mass is 429 g/mol. The first-order valence-electron chi connectivity index (χ1n) is 10.0. The van der Waals surface area contributed by atoms with Crippen LogP contribution < -0.4 is 9.62 Å². The maximum Gasteiger partial charge on any atom is 0.255 e. The van der Waals surface area contributed by atoms with Gasteiger partial charge in [0, 0.05) is 25.7 Å². The molecule has 1 N–H and O–H groups in total. The Balaban J connectivity index is 1.76. The lowest BCUT2D eigenvalue weighted by Crippen LogP contribution is -2.32. The molecule has 2 aromatic rings. The van der Waals surface area contributed by atoms with Crippen molar-refractivity contribution in [2.45, 2.75) is 25.7 Å². The van der Waals surface area contributed by atoms with E-state index < -0.39 is 10.0 Å². The van der Waals surface area contributed by atoms with Crippen molar-refractivity contribution in [3.63, 3.8) is 0 Å². The van der Waals surface area contributed by atoms with Crippen molar-refractivity contribution in [1.29, 1.82) is 0 Å². The number of likely N-dealkylation sites (tertiary alicyclic amines) is 1. The summed E-state index contributed by atoms with van der Waals surface area (Å²) in [5.74, 6) is -0.433. The number of carbonyl (C=O) groups excluding carboxylic acids is 2. The number of hydrogen-bond donors (Lipinski definition) is 1. The van der Waals surface area contributed by atoms with Gasteiger partial charge in [0.2, 0.25) is 10.0 Å². The second-order valence-electron chi connectivity index (χ2n) is 7.48. The maximum atomic E-state index is 13.0. The second kappa shape index (κ2) is 9.30. The van der Waals surface area contributed by atoms with E-state index >= 15 is 0 Å². The Kier molecular flexibility index (Phi) is 6.77. The molecule has 8 heteroatoms. The molecule has 2 amide bonds. The van der Waals surface area contributed by atoms with E-state index in [1.54, 1.807) is 48.5 Å². The number of nitrogens with one attached hydrogen (secondary N) is 1. The zero-order valence-electron chi connectivity index (χ0n) is 17.3. The van der Waals surface area contributed by atoms with E-state index in [0.717, 1.165) is 49.3 Å². The minimum absolute atomic E-state index is 0.0714. The van der Waals surface area contributed by atoms with Crippen LogP contribution in [0.15, 0.2) is 48.5 Å². The summed E-state index contributed by atoms with van der Waals surface area (Å²) >= 11 is 0. The molecule has 0 bridgehead atoms. The Hall–Kier alpha value is -2.87. The third kappa shape index (κ3) is 5.18. The molecule has 0 spiro atoms. The predicted molar refractivity (Wildman–Crippen MR) is 118 cm³/mol. The molecule has 1 aliphatic rings. The number of carbonyl (C=O) groups is 2. The van der Waals surface area contributed by atoms with Crippen LogP contribution in [0.5, 0.6) is 0 Å². The third-order valence-electron chi connectivity index (χ3n) is 5.29. The summed E-state index contributed by atoms with van der Waals surface area (Å²) in [5, 5.41) is 2.82. The van der Waals surface area contributed by atoms with Crippen LogP contribution in [0.2, 0.25) is 0 Å². The Morgan fingerprint density at radius 3 is 2.13 bits per heavy atom. The molecule has 1 heterocycles. The first-order chi connectivity index (χ1) is 14.3. The number of benzene rings is 2.